The van der Waals surface area contributed by atoms with Crippen LogP contribution in [0, 0.1) is 0 Å². The van der Waals surface area contributed by atoms with Crippen LogP contribution in [0.1, 0.15) is 12.0 Å². The van der Waals surface area contributed by atoms with E-state index >= 15 is 0 Å². The van der Waals surface area contributed by atoms with Gasteiger partial charge in [0.2, 0.25) is 5.91 Å². The molecule has 0 spiro atoms. The Morgan fingerprint density at radius 3 is 2.67 bits per heavy atom. The van der Waals surface area contributed by atoms with Crippen molar-refractivity contribution >= 4 is 17.7 Å². The van der Waals surface area contributed by atoms with Crippen LogP contribution in [0.5, 0.6) is 0 Å². The van der Waals surface area contributed by atoms with E-state index in [1.54, 1.807) is 22.8 Å². The maximum Gasteiger partial charge on any atom is 0.222 e. The smallest absolute Gasteiger partial charge is 0.222 e. The van der Waals surface area contributed by atoms with E-state index in [1.165, 1.54) is 11.2 Å². The molecule has 1 N–H and O–H groups in total. The minimum Gasteiger partial charge on any atom is -0.352 e. The van der Waals surface area contributed by atoms with Crippen LogP contribution in [0.25, 0.3) is 0 Å². The summed E-state index contributed by atoms with van der Waals surface area (Å²) in [6, 6.07) is 18.3. The minimum atomic E-state index is 0.00464. The van der Waals surface area contributed by atoms with Gasteiger partial charge >= 0.3 is 0 Å². The fraction of sp³-hybridized carbons (Fsp3) is 0.167. The van der Waals surface area contributed by atoms with Crippen molar-refractivity contribution in [3.63, 3.8) is 0 Å². The Bertz CT molecular complexity index is 775. The summed E-state index contributed by atoms with van der Waals surface area (Å²) >= 11 is 1.70. The SMILES string of the molecule is O=C(CCn1cncn1)NCc1ccccc1Sc1ccccc1. The number of nitrogens with zero attached hydrogens (tertiary/aromatic N) is 3. The highest BCUT2D eigenvalue weighted by Gasteiger charge is 2.07. The molecule has 24 heavy (non-hydrogen) atoms. The van der Waals surface area contributed by atoms with Crippen LogP contribution in [-0.4, -0.2) is 20.7 Å². The molecule has 0 fully saturated rings. The number of nitrogens with one attached hydrogen (secondary N) is 1. The molecule has 0 saturated heterocycles. The van der Waals surface area contributed by atoms with Crippen LogP contribution in [0.2, 0.25) is 0 Å². The average molecular weight is 338 g/mol. The van der Waals surface area contributed by atoms with Gasteiger partial charge in [-0.05, 0) is 23.8 Å². The lowest BCUT2D eigenvalue weighted by Crippen LogP contribution is -2.24. The maximum atomic E-state index is 12.0. The van der Waals surface area contributed by atoms with E-state index in [-0.39, 0.29) is 5.91 Å². The van der Waals surface area contributed by atoms with E-state index in [2.05, 4.69) is 33.6 Å². The van der Waals surface area contributed by atoms with Crippen molar-refractivity contribution in [2.24, 2.45) is 0 Å². The highest BCUT2D eigenvalue weighted by molar-refractivity contribution is 7.99. The number of rotatable bonds is 7. The summed E-state index contributed by atoms with van der Waals surface area (Å²) in [7, 11) is 0. The van der Waals surface area contributed by atoms with E-state index in [0.29, 0.717) is 19.5 Å². The topological polar surface area (TPSA) is 59.8 Å². The molecule has 6 heteroatoms. The van der Waals surface area contributed by atoms with Gasteiger partial charge in [-0.1, -0.05) is 48.2 Å². The Morgan fingerprint density at radius 2 is 1.88 bits per heavy atom. The second kappa shape index (κ2) is 8.31. The van der Waals surface area contributed by atoms with Crippen molar-refractivity contribution in [1.29, 1.82) is 0 Å². The van der Waals surface area contributed by atoms with Gasteiger partial charge in [0.1, 0.15) is 12.7 Å². The molecule has 0 aliphatic rings. The molecular weight excluding hydrogens is 320 g/mol. The molecule has 3 rings (SSSR count). The third-order valence-corrected chi connectivity index (χ3v) is 4.58. The molecule has 0 atom stereocenters. The zero-order chi connectivity index (χ0) is 16.6. The molecule has 2 aromatic carbocycles. The molecular formula is C18H18N4OS. The predicted octanol–water partition coefficient (Wildman–Crippen LogP) is 3.14. The van der Waals surface area contributed by atoms with Crippen LogP contribution in [-0.2, 0) is 17.9 Å². The molecule has 0 unspecified atom stereocenters. The summed E-state index contributed by atoms with van der Waals surface area (Å²) in [6.45, 7) is 1.05. The van der Waals surface area contributed by atoms with Gasteiger partial charge in [-0.25, -0.2) is 4.98 Å². The molecule has 0 saturated carbocycles. The normalized spacial score (nSPS) is 10.5. The first-order valence-electron chi connectivity index (χ1n) is 7.71. The fourth-order valence-corrected chi connectivity index (χ4v) is 3.18. The fourth-order valence-electron chi connectivity index (χ4n) is 2.21. The zero-order valence-electron chi connectivity index (χ0n) is 13.1. The minimum absolute atomic E-state index is 0.00464. The molecule has 5 nitrogen and oxygen atoms in total. The van der Waals surface area contributed by atoms with Crippen molar-refractivity contribution in [3.8, 4) is 0 Å². The molecule has 0 aliphatic heterocycles. The van der Waals surface area contributed by atoms with Gasteiger partial charge < -0.3 is 5.32 Å². The number of hydrogen-bond donors (Lipinski definition) is 1. The molecule has 0 aliphatic carbocycles. The lowest BCUT2D eigenvalue weighted by atomic mass is 10.2. The Kier molecular flexibility index (Phi) is 5.63. The first-order valence-corrected chi connectivity index (χ1v) is 8.53. The first kappa shape index (κ1) is 16.3. The van der Waals surface area contributed by atoms with Gasteiger partial charge in [-0.3, -0.25) is 9.48 Å². The van der Waals surface area contributed by atoms with E-state index < -0.39 is 0 Å². The first-order chi connectivity index (χ1) is 11.8. The van der Waals surface area contributed by atoms with Gasteiger partial charge in [0.15, 0.2) is 0 Å². The molecule has 1 amide bonds. The Hall–Kier alpha value is -2.60. The number of hydrogen-bond acceptors (Lipinski definition) is 4. The third-order valence-electron chi connectivity index (χ3n) is 3.45. The number of carbonyl (C=O) groups excluding carboxylic acids is 1. The highest BCUT2D eigenvalue weighted by Crippen LogP contribution is 2.30. The van der Waals surface area contributed by atoms with Crippen molar-refractivity contribution in [2.45, 2.75) is 29.3 Å². The summed E-state index contributed by atoms with van der Waals surface area (Å²) in [5, 5.41) is 6.96. The van der Waals surface area contributed by atoms with Crippen LogP contribution >= 0.6 is 11.8 Å². The number of aromatic nitrogens is 3. The summed E-state index contributed by atoms with van der Waals surface area (Å²) in [4.78, 5) is 18.2. The standard InChI is InChI=1S/C18H18N4OS/c23-18(10-11-22-14-19-13-21-22)20-12-15-6-4-5-9-17(15)24-16-7-2-1-3-8-16/h1-9,13-14H,10-12H2,(H,20,23). The van der Waals surface area contributed by atoms with Gasteiger partial charge in [0.25, 0.3) is 0 Å². The van der Waals surface area contributed by atoms with E-state index in [0.717, 1.165) is 10.5 Å². The van der Waals surface area contributed by atoms with Crippen molar-refractivity contribution in [1.82, 2.24) is 20.1 Å². The third kappa shape index (κ3) is 4.70. The van der Waals surface area contributed by atoms with Crippen LogP contribution in [0.4, 0.5) is 0 Å². The summed E-state index contributed by atoms with van der Waals surface area (Å²) in [6.07, 6.45) is 3.46. The summed E-state index contributed by atoms with van der Waals surface area (Å²) < 4.78 is 1.65. The van der Waals surface area contributed by atoms with Crippen molar-refractivity contribution in [3.05, 3.63) is 72.8 Å². The lowest BCUT2D eigenvalue weighted by Gasteiger charge is -2.10. The highest BCUT2D eigenvalue weighted by atomic mass is 32.2. The monoisotopic (exact) mass is 338 g/mol. The number of amides is 1. The molecule has 122 valence electrons. The van der Waals surface area contributed by atoms with Gasteiger partial charge in [0.05, 0.1) is 6.54 Å². The van der Waals surface area contributed by atoms with E-state index in [1.807, 2.05) is 36.4 Å². The number of aryl methyl sites for hydroxylation is 1. The molecule has 0 bridgehead atoms. The molecule has 0 radical (unpaired) electrons. The molecule has 1 aromatic heterocycles. The second-order valence-corrected chi connectivity index (χ2v) is 6.32. The largest absolute Gasteiger partial charge is 0.352 e. The quantitative estimate of drug-likeness (QED) is 0.719. The molecule has 3 aromatic rings. The van der Waals surface area contributed by atoms with Crippen LogP contribution in [0.15, 0.2) is 77.0 Å². The van der Waals surface area contributed by atoms with Crippen molar-refractivity contribution in [2.75, 3.05) is 0 Å². The van der Waals surface area contributed by atoms with Crippen molar-refractivity contribution < 1.29 is 4.79 Å². The van der Waals surface area contributed by atoms with Crippen LogP contribution in [0.3, 0.4) is 0 Å². The predicted molar refractivity (Wildman–Crippen MR) is 93.5 cm³/mol. The number of benzene rings is 2. The molecule has 1 heterocycles. The Morgan fingerprint density at radius 1 is 1.08 bits per heavy atom. The average Bonchev–Trinajstić information content (AvgIpc) is 3.14. The Labute approximate surface area is 145 Å². The summed E-state index contributed by atoms with van der Waals surface area (Å²) in [5.74, 6) is 0.00464. The summed E-state index contributed by atoms with van der Waals surface area (Å²) in [5.41, 5.74) is 1.11. The number of carbonyl (C=O) groups is 1. The van der Waals surface area contributed by atoms with Gasteiger partial charge in [-0.15, -0.1) is 0 Å². The van der Waals surface area contributed by atoms with Gasteiger partial charge in [0, 0.05) is 22.8 Å². The van der Waals surface area contributed by atoms with E-state index in [4.69, 9.17) is 0 Å². The van der Waals surface area contributed by atoms with Gasteiger partial charge in [-0.2, -0.15) is 5.10 Å². The van der Waals surface area contributed by atoms with Crippen LogP contribution < -0.4 is 5.32 Å². The lowest BCUT2D eigenvalue weighted by molar-refractivity contribution is -0.121. The zero-order valence-corrected chi connectivity index (χ0v) is 13.9. The maximum absolute atomic E-state index is 12.0. The second-order valence-electron chi connectivity index (χ2n) is 5.21. The Balaban J connectivity index is 1.56. The van der Waals surface area contributed by atoms with E-state index in [9.17, 15) is 4.79 Å².